The van der Waals surface area contributed by atoms with Gasteiger partial charge in [-0.1, -0.05) is 29.8 Å². The molecule has 0 saturated heterocycles. The molecule has 0 bridgehead atoms. The van der Waals surface area contributed by atoms with E-state index in [-0.39, 0.29) is 6.04 Å². The van der Waals surface area contributed by atoms with Crippen molar-refractivity contribution in [2.24, 2.45) is 5.73 Å². The Morgan fingerprint density at radius 1 is 1.22 bits per heavy atom. The first kappa shape index (κ1) is 12.8. The fourth-order valence-electron chi connectivity index (χ4n) is 2.05. The Bertz CT molecular complexity index is 511. The monoisotopic (exact) mass is 244 g/mol. The molecule has 1 aromatic carbocycles. The molecule has 0 saturated carbocycles. The molecule has 4 heteroatoms. The summed E-state index contributed by atoms with van der Waals surface area (Å²) in [5.41, 5.74) is 8.41. The zero-order valence-corrected chi connectivity index (χ0v) is 11.2. The van der Waals surface area contributed by atoms with Crippen molar-refractivity contribution in [3.63, 3.8) is 0 Å². The predicted molar refractivity (Wildman–Crippen MR) is 72.3 cm³/mol. The van der Waals surface area contributed by atoms with E-state index in [4.69, 9.17) is 5.73 Å². The molecule has 0 fully saturated rings. The minimum Gasteiger partial charge on any atom is -0.322 e. The molecule has 0 unspecified atom stereocenters. The number of aromatic nitrogens is 3. The summed E-state index contributed by atoms with van der Waals surface area (Å²) in [6.07, 6.45) is 0.799. The first-order chi connectivity index (χ1) is 8.61. The molecule has 0 aliphatic carbocycles. The Balaban J connectivity index is 2.26. The van der Waals surface area contributed by atoms with Gasteiger partial charge in [0.05, 0.1) is 6.04 Å². The van der Waals surface area contributed by atoms with E-state index in [1.807, 2.05) is 6.92 Å². The van der Waals surface area contributed by atoms with Crippen LogP contribution in [0.1, 0.15) is 42.7 Å². The highest BCUT2D eigenvalue weighted by atomic mass is 15.3. The molecule has 2 N–H and O–H groups in total. The first-order valence-electron chi connectivity index (χ1n) is 6.35. The molecular weight excluding hydrogens is 224 g/mol. The largest absolute Gasteiger partial charge is 0.322 e. The molecule has 2 rings (SSSR count). The summed E-state index contributed by atoms with van der Waals surface area (Å²) in [7, 11) is 0. The van der Waals surface area contributed by atoms with Gasteiger partial charge in [0.1, 0.15) is 11.6 Å². The lowest BCUT2D eigenvalue weighted by Crippen LogP contribution is -2.14. The molecule has 1 aromatic heterocycles. The average Bonchev–Trinajstić information content (AvgIpc) is 2.75. The van der Waals surface area contributed by atoms with Crippen molar-refractivity contribution in [1.82, 2.24) is 14.8 Å². The molecule has 0 radical (unpaired) electrons. The Hall–Kier alpha value is -1.68. The van der Waals surface area contributed by atoms with Crippen LogP contribution in [0.15, 0.2) is 24.3 Å². The van der Waals surface area contributed by atoms with E-state index < -0.39 is 0 Å². The lowest BCUT2D eigenvalue weighted by molar-refractivity contribution is 0.620. The zero-order chi connectivity index (χ0) is 13.1. The Kier molecular flexibility index (Phi) is 3.77. The maximum Gasteiger partial charge on any atom is 0.149 e. The number of nitrogens with two attached hydrogens (primary N) is 1. The second kappa shape index (κ2) is 5.31. The fourth-order valence-corrected chi connectivity index (χ4v) is 2.05. The molecule has 2 aromatic rings. The normalized spacial score (nSPS) is 12.7. The molecule has 0 aliphatic rings. The standard InChI is InChI=1S/C14H20N4/c1-4-18-13(16-17-14(18)11(3)15)9-12-7-5-10(2)6-8-12/h5-8,11H,4,9,15H2,1-3H3/t11-/m1/s1. The van der Waals surface area contributed by atoms with Gasteiger partial charge in [0.2, 0.25) is 0 Å². The maximum atomic E-state index is 5.89. The molecular formula is C14H20N4. The van der Waals surface area contributed by atoms with E-state index in [9.17, 15) is 0 Å². The molecule has 1 heterocycles. The van der Waals surface area contributed by atoms with Crippen molar-refractivity contribution in [2.45, 2.75) is 39.8 Å². The summed E-state index contributed by atoms with van der Waals surface area (Å²) < 4.78 is 2.10. The Morgan fingerprint density at radius 2 is 1.89 bits per heavy atom. The average molecular weight is 244 g/mol. The fraction of sp³-hybridized carbons (Fsp3) is 0.429. The number of rotatable bonds is 4. The quantitative estimate of drug-likeness (QED) is 0.897. The van der Waals surface area contributed by atoms with E-state index >= 15 is 0 Å². The third-order valence-corrected chi connectivity index (χ3v) is 3.06. The van der Waals surface area contributed by atoms with Crippen LogP contribution in [0, 0.1) is 6.92 Å². The van der Waals surface area contributed by atoms with E-state index in [1.54, 1.807) is 0 Å². The molecule has 0 aliphatic heterocycles. The summed E-state index contributed by atoms with van der Waals surface area (Å²) in [5, 5.41) is 8.45. The van der Waals surface area contributed by atoms with Crippen LogP contribution in [0.4, 0.5) is 0 Å². The zero-order valence-electron chi connectivity index (χ0n) is 11.2. The van der Waals surface area contributed by atoms with Crippen molar-refractivity contribution in [3.05, 3.63) is 47.0 Å². The summed E-state index contributed by atoms with van der Waals surface area (Å²) in [4.78, 5) is 0. The van der Waals surface area contributed by atoms with Gasteiger partial charge < -0.3 is 10.3 Å². The number of hydrogen-bond acceptors (Lipinski definition) is 3. The van der Waals surface area contributed by atoms with Crippen molar-refractivity contribution in [2.75, 3.05) is 0 Å². The van der Waals surface area contributed by atoms with Crippen LogP contribution in [0.2, 0.25) is 0 Å². The molecule has 0 amide bonds. The highest BCUT2D eigenvalue weighted by molar-refractivity contribution is 5.24. The predicted octanol–water partition coefficient (Wildman–Crippen LogP) is 2.22. The van der Waals surface area contributed by atoms with Crippen molar-refractivity contribution in [3.8, 4) is 0 Å². The van der Waals surface area contributed by atoms with Gasteiger partial charge in [-0.15, -0.1) is 10.2 Å². The van der Waals surface area contributed by atoms with Crippen molar-refractivity contribution >= 4 is 0 Å². The van der Waals surface area contributed by atoms with Gasteiger partial charge in [-0.2, -0.15) is 0 Å². The van der Waals surface area contributed by atoms with Gasteiger partial charge in [0.25, 0.3) is 0 Å². The summed E-state index contributed by atoms with van der Waals surface area (Å²) in [6.45, 7) is 6.97. The Labute approximate surface area is 108 Å². The molecule has 96 valence electrons. The minimum absolute atomic E-state index is 0.0794. The third-order valence-electron chi connectivity index (χ3n) is 3.06. The minimum atomic E-state index is -0.0794. The summed E-state index contributed by atoms with van der Waals surface area (Å²) >= 11 is 0. The van der Waals surface area contributed by atoms with Crippen LogP contribution in [0.25, 0.3) is 0 Å². The smallest absolute Gasteiger partial charge is 0.149 e. The van der Waals surface area contributed by atoms with Crippen LogP contribution in [0.5, 0.6) is 0 Å². The van der Waals surface area contributed by atoms with Crippen LogP contribution >= 0.6 is 0 Å². The van der Waals surface area contributed by atoms with Gasteiger partial charge in [0, 0.05) is 13.0 Å². The van der Waals surface area contributed by atoms with E-state index in [0.29, 0.717) is 0 Å². The van der Waals surface area contributed by atoms with Crippen LogP contribution < -0.4 is 5.73 Å². The Morgan fingerprint density at radius 3 is 2.44 bits per heavy atom. The number of aryl methyl sites for hydroxylation is 1. The van der Waals surface area contributed by atoms with Gasteiger partial charge in [-0.3, -0.25) is 0 Å². The van der Waals surface area contributed by atoms with Crippen LogP contribution in [0.3, 0.4) is 0 Å². The van der Waals surface area contributed by atoms with Crippen molar-refractivity contribution in [1.29, 1.82) is 0 Å². The second-order valence-electron chi connectivity index (χ2n) is 4.67. The number of hydrogen-bond donors (Lipinski definition) is 1. The molecule has 1 atom stereocenters. The number of benzene rings is 1. The van der Waals surface area contributed by atoms with E-state index in [2.05, 4.69) is 52.9 Å². The third kappa shape index (κ3) is 2.59. The molecule has 18 heavy (non-hydrogen) atoms. The van der Waals surface area contributed by atoms with Crippen molar-refractivity contribution < 1.29 is 0 Å². The summed E-state index contributed by atoms with van der Waals surface area (Å²) in [6, 6.07) is 8.43. The van der Waals surface area contributed by atoms with Crippen LogP contribution in [-0.4, -0.2) is 14.8 Å². The SMILES string of the molecule is CCn1c(Cc2ccc(C)cc2)nnc1[C@@H](C)N. The molecule has 4 nitrogen and oxygen atoms in total. The molecule has 0 spiro atoms. The van der Waals surface area contributed by atoms with E-state index in [1.165, 1.54) is 11.1 Å². The van der Waals surface area contributed by atoms with Crippen LogP contribution in [-0.2, 0) is 13.0 Å². The highest BCUT2D eigenvalue weighted by Gasteiger charge is 2.13. The highest BCUT2D eigenvalue weighted by Crippen LogP contribution is 2.13. The topological polar surface area (TPSA) is 56.7 Å². The van der Waals surface area contributed by atoms with Gasteiger partial charge in [0.15, 0.2) is 0 Å². The van der Waals surface area contributed by atoms with E-state index in [0.717, 1.165) is 24.6 Å². The number of nitrogens with zero attached hydrogens (tertiary/aromatic N) is 3. The first-order valence-corrected chi connectivity index (χ1v) is 6.35. The second-order valence-corrected chi connectivity index (χ2v) is 4.67. The van der Waals surface area contributed by atoms with Gasteiger partial charge in [-0.25, -0.2) is 0 Å². The van der Waals surface area contributed by atoms with Gasteiger partial charge >= 0.3 is 0 Å². The summed E-state index contributed by atoms with van der Waals surface area (Å²) in [5.74, 6) is 1.84. The maximum absolute atomic E-state index is 5.89. The lowest BCUT2D eigenvalue weighted by Gasteiger charge is -2.09. The van der Waals surface area contributed by atoms with Gasteiger partial charge in [-0.05, 0) is 26.3 Å². The lowest BCUT2D eigenvalue weighted by atomic mass is 10.1.